The third kappa shape index (κ3) is 5.57. The molecule has 0 unspecified atom stereocenters. The number of nitrogens with one attached hydrogen (secondary N) is 1. The van der Waals surface area contributed by atoms with Crippen LogP contribution >= 0.6 is 0 Å². The Bertz CT molecular complexity index is 480. The first-order valence-corrected chi connectivity index (χ1v) is 7.39. The van der Waals surface area contributed by atoms with Crippen molar-refractivity contribution < 1.29 is 19.2 Å². The maximum Gasteiger partial charge on any atom is 0.303 e. The molecule has 1 amide bonds. The second kappa shape index (κ2) is 8.44. The molecule has 1 aromatic rings. The lowest BCUT2D eigenvalue weighted by Crippen LogP contribution is -2.25. The van der Waals surface area contributed by atoms with Crippen LogP contribution in [0.2, 0.25) is 0 Å². The van der Waals surface area contributed by atoms with Crippen molar-refractivity contribution in [2.24, 2.45) is 0 Å². The van der Waals surface area contributed by atoms with Gasteiger partial charge >= 0.3 is 5.97 Å². The second-order valence-corrected chi connectivity index (χ2v) is 5.48. The van der Waals surface area contributed by atoms with E-state index < -0.39 is 5.97 Å². The van der Waals surface area contributed by atoms with Gasteiger partial charge in [-0.25, -0.2) is 0 Å². The van der Waals surface area contributed by atoms with Gasteiger partial charge in [-0.3, -0.25) is 9.59 Å². The van der Waals surface area contributed by atoms with Gasteiger partial charge < -0.3 is 14.9 Å². The Morgan fingerprint density at radius 1 is 1.24 bits per heavy atom. The summed E-state index contributed by atoms with van der Waals surface area (Å²) in [6, 6.07) is 0. The molecule has 0 aliphatic rings. The van der Waals surface area contributed by atoms with Gasteiger partial charge in [-0.2, -0.15) is 0 Å². The molecule has 0 fully saturated rings. The van der Waals surface area contributed by atoms with Crippen molar-refractivity contribution in [2.45, 2.75) is 58.8 Å². The van der Waals surface area contributed by atoms with Crippen LogP contribution in [0.5, 0.6) is 0 Å². The quantitative estimate of drug-likeness (QED) is 0.683. The van der Waals surface area contributed by atoms with E-state index in [0.29, 0.717) is 30.0 Å². The van der Waals surface area contributed by atoms with Gasteiger partial charge in [0.15, 0.2) is 5.76 Å². The fraction of sp³-hybridized carbons (Fsp3) is 0.667. The van der Waals surface area contributed by atoms with Crippen LogP contribution < -0.4 is 5.32 Å². The van der Waals surface area contributed by atoms with Crippen molar-refractivity contribution in [3.05, 3.63) is 17.0 Å². The van der Waals surface area contributed by atoms with Gasteiger partial charge in [0.1, 0.15) is 5.56 Å². The summed E-state index contributed by atoms with van der Waals surface area (Å²) in [5.74, 6) is -0.176. The fourth-order valence-electron chi connectivity index (χ4n) is 2.10. The SMILES string of the molecule is Cc1noc(C(C)C)c1C(=O)NCCCCCCC(=O)O. The summed E-state index contributed by atoms with van der Waals surface area (Å²) in [7, 11) is 0. The summed E-state index contributed by atoms with van der Waals surface area (Å²) in [5.41, 5.74) is 1.15. The third-order valence-electron chi connectivity index (χ3n) is 3.24. The molecule has 0 spiro atoms. The van der Waals surface area contributed by atoms with Crippen molar-refractivity contribution in [3.63, 3.8) is 0 Å². The average Bonchev–Trinajstić information content (AvgIpc) is 2.79. The predicted molar refractivity (Wildman–Crippen MR) is 78.4 cm³/mol. The van der Waals surface area contributed by atoms with Crippen LogP contribution in [0.3, 0.4) is 0 Å². The molecule has 0 saturated carbocycles. The summed E-state index contributed by atoms with van der Waals surface area (Å²) in [6.07, 6.45) is 3.52. The Labute approximate surface area is 124 Å². The number of amides is 1. The number of carboxylic acid groups (broad SMARTS) is 1. The topological polar surface area (TPSA) is 92.4 Å². The monoisotopic (exact) mass is 296 g/mol. The van der Waals surface area contributed by atoms with Gasteiger partial charge in [0.25, 0.3) is 5.91 Å². The lowest BCUT2D eigenvalue weighted by molar-refractivity contribution is -0.137. The summed E-state index contributed by atoms with van der Waals surface area (Å²) in [6.45, 7) is 6.25. The molecule has 1 rings (SSSR count). The molecule has 1 heterocycles. The molecular weight excluding hydrogens is 272 g/mol. The standard InChI is InChI=1S/C15H24N2O4/c1-10(2)14-13(11(3)17-21-14)15(20)16-9-7-5-4-6-8-12(18)19/h10H,4-9H2,1-3H3,(H,16,20)(H,18,19). The van der Waals surface area contributed by atoms with Crippen LogP contribution in [-0.2, 0) is 4.79 Å². The highest BCUT2D eigenvalue weighted by molar-refractivity contribution is 5.96. The van der Waals surface area contributed by atoms with Gasteiger partial charge in [-0.1, -0.05) is 31.8 Å². The number of rotatable bonds is 9. The minimum absolute atomic E-state index is 0.114. The minimum atomic E-state index is -0.757. The highest BCUT2D eigenvalue weighted by atomic mass is 16.5. The average molecular weight is 296 g/mol. The van der Waals surface area contributed by atoms with E-state index in [2.05, 4.69) is 10.5 Å². The van der Waals surface area contributed by atoms with Crippen LogP contribution in [0.25, 0.3) is 0 Å². The molecule has 0 radical (unpaired) electrons. The Morgan fingerprint density at radius 2 is 1.90 bits per heavy atom. The molecule has 2 N–H and O–H groups in total. The molecule has 0 atom stereocenters. The highest BCUT2D eigenvalue weighted by Gasteiger charge is 2.21. The molecular formula is C15H24N2O4. The number of hydrogen-bond acceptors (Lipinski definition) is 4. The molecule has 0 aliphatic carbocycles. The van der Waals surface area contributed by atoms with Crippen molar-refractivity contribution in [2.75, 3.05) is 6.54 Å². The number of aryl methyl sites for hydroxylation is 1. The van der Waals surface area contributed by atoms with E-state index in [1.54, 1.807) is 6.92 Å². The molecule has 0 aliphatic heterocycles. The zero-order valence-corrected chi connectivity index (χ0v) is 12.9. The lowest BCUT2D eigenvalue weighted by atomic mass is 10.0. The molecule has 1 aromatic heterocycles. The predicted octanol–water partition coefficient (Wildman–Crippen LogP) is 2.87. The van der Waals surface area contributed by atoms with Gasteiger partial charge in [0.05, 0.1) is 5.69 Å². The molecule has 6 nitrogen and oxygen atoms in total. The van der Waals surface area contributed by atoms with Crippen LogP contribution in [0.4, 0.5) is 0 Å². The van der Waals surface area contributed by atoms with Crippen LogP contribution in [0, 0.1) is 6.92 Å². The van der Waals surface area contributed by atoms with Crippen LogP contribution in [0.1, 0.15) is 73.7 Å². The lowest BCUT2D eigenvalue weighted by Gasteiger charge is -2.07. The highest BCUT2D eigenvalue weighted by Crippen LogP contribution is 2.21. The van der Waals surface area contributed by atoms with Gasteiger partial charge in [0.2, 0.25) is 0 Å². The van der Waals surface area contributed by atoms with Crippen LogP contribution in [-0.4, -0.2) is 28.7 Å². The first-order valence-electron chi connectivity index (χ1n) is 7.39. The number of carbonyl (C=O) groups excluding carboxylic acids is 1. The Hall–Kier alpha value is -1.85. The molecule has 21 heavy (non-hydrogen) atoms. The molecule has 118 valence electrons. The van der Waals surface area contributed by atoms with E-state index in [-0.39, 0.29) is 18.2 Å². The smallest absolute Gasteiger partial charge is 0.303 e. The fourth-order valence-corrected chi connectivity index (χ4v) is 2.10. The van der Waals surface area contributed by atoms with E-state index in [1.165, 1.54) is 0 Å². The molecule has 6 heteroatoms. The molecule has 0 aromatic carbocycles. The normalized spacial score (nSPS) is 10.9. The molecule has 0 saturated heterocycles. The van der Waals surface area contributed by atoms with E-state index >= 15 is 0 Å². The number of nitrogens with zero attached hydrogens (tertiary/aromatic N) is 1. The number of hydrogen-bond donors (Lipinski definition) is 2. The van der Waals surface area contributed by atoms with Crippen molar-refractivity contribution in [1.29, 1.82) is 0 Å². The van der Waals surface area contributed by atoms with E-state index in [1.807, 2.05) is 13.8 Å². The van der Waals surface area contributed by atoms with E-state index in [0.717, 1.165) is 19.3 Å². The number of carbonyl (C=O) groups is 2. The second-order valence-electron chi connectivity index (χ2n) is 5.48. The number of aliphatic carboxylic acids is 1. The minimum Gasteiger partial charge on any atom is -0.481 e. The number of aromatic nitrogens is 1. The third-order valence-corrected chi connectivity index (χ3v) is 3.24. The Kier molecular flexibility index (Phi) is 6.91. The van der Waals surface area contributed by atoms with Crippen molar-refractivity contribution in [1.82, 2.24) is 10.5 Å². The number of carboxylic acids is 1. The van der Waals surface area contributed by atoms with Crippen molar-refractivity contribution in [3.8, 4) is 0 Å². The summed E-state index contributed by atoms with van der Waals surface area (Å²) >= 11 is 0. The van der Waals surface area contributed by atoms with E-state index in [4.69, 9.17) is 9.63 Å². The summed E-state index contributed by atoms with van der Waals surface area (Å²) in [5, 5.41) is 15.2. The first-order chi connectivity index (χ1) is 9.93. The van der Waals surface area contributed by atoms with Crippen LogP contribution in [0.15, 0.2) is 4.52 Å². The Morgan fingerprint density at radius 3 is 2.52 bits per heavy atom. The maximum absolute atomic E-state index is 12.1. The maximum atomic E-state index is 12.1. The largest absolute Gasteiger partial charge is 0.481 e. The van der Waals surface area contributed by atoms with Gasteiger partial charge in [-0.15, -0.1) is 0 Å². The Balaban J connectivity index is 2.31. The molecule has 0 bridgehead atoms. The zero-order chi connectivity index (χ0) is 15.8. The summed E-state index contributed by atoms with van der Waals surface area (Å²) < 4.78 is 5.19. The van der Waals surface area contributed by atoms with E-state index in [9.17, 15) is 9.59 Å². The zero-order valence-electron chi connectivity index (χ0n) is 12.9. The first kappa shape index (κ1) is 17.2. The van der Waals surface area contributed by atoms with Gasteiger partial charge in [0, 0.05) is 18.9 Å². The summed E-state index contributed by atoms with van der Waals surface area (Å²) in [4.78, 5) is 22.5. The van der Waals surface area contributed by atoms with Crippen molar-refractivity contribution >= 4 is 11.9 Å². The number of unbranched alkanes of at least 4 members (excludes halogenated alkanes) is 3. The van der Waals surface area contributed by atoms with Gasteiger partial charge in [-0.05, 0) is 19.8 Å².